The molecule has 26 heavy (non-hydrogen) atoms. The minimum Gasteiger partial charge on any atom is -0.423 e. The number of hydrogen-bond acceptors (Lipinski definition) is 6. The molecule has 2 saturated heterocycles. The van der Waals surface area contributed by atoms with Gasteiger partial charge in [-0.2, -0.15) is 4.98 Å². The van der Waals surface area contributed by atoms with Gasteiger partial charge in [0, 0.05) is 49.1 Å². The van der Waals surface area contributed by atoms with Crippen molar-refractivity contribution in [1.82, 2.24) is 9.88 Å². The molecule has 0 aliphatic carbocycles. The van der Waals surface area contributed by atoms with E-state index in [2.05, 4.69) is 26.9 Å². The highest BCUT2D eigenvalue weighted by Gasteiger charge is 2.23. The Hall–Kier alpha value is -1.89. The van der Waals surface area contributed by atoms with Crippen LogP contribution in [0.2, 0.25) is 0 Å². The fraction of sp³-hybridized carbons (Fsp3) is 0.450. The highest BCUT2D eigenvalue weighted by atomic mass is 32.1. The normalized spacial score (nSPS) is 21.7. The van der Waals surface area contributed by atoms with Gasteiger partial charge in [-0.25, -0.2) is 0 Å². The molecule has 1 atom stereocenters. The number of anilines is 1. The summed E-state index contributed by atoms with van der Waals surface area (Å²) < 4.78 is 11.7. The number of nitrogens with zero attached hydrogens (tertiary/aromatic N) is 3. The molecule has 0 saturated carbocycles. The quantitative estimate of drug-likeness (QED) is 0.694. The van der Waals surface area contributed by atoms with Crippen LogP contribution < -0.4 is 4.90 Å². The van der Waals surface area contributed by atoms with Crippen molar-refractivity contribution in [2.45, 2.75) is 25.5 Å². The van der Waals surface area contributed by atoms with Gasteiger partial charge in [0.1, 0.15) is 5.52 Å². The Morgan fingerprint density at radius 1 is 1.08 bits per heavy atom. The fourth-order valence-corrected chi connectivity index (χ4v) is 4.91. The SMILES string of the molecule is c1ccc2oc(N3CCN(Cc4ccc(C5CCCO5)s4)CC3)nc2c1. The van der Waals surface area contributed by atoms with E-state index in [9.17, 15) is 0 Å². The third kappa shape index (κ3) is 3.24. The lowest BCUT2D eigenvalue weighted by atomic mass is 10.2. The van der Waals surface area contributed by atoms with Gasteiger partial charge >= 0.3 is 0 Å². The van der Waals surface area contributed by atoms with E-state index in [-0.39, 0.29) is 0 Å². The number of ether oxygens (including phenoxy) is 1. The van der Waals surface area contributed by atoms with Crippen molar-refractivity contribution in [2.24, 2.45) is 0 Å². The van der Waals surface area contributed by atoms with E-state index < -0.39 is 0 Å². The van der Waals surface area contributed by atoms with Crippen molar-refractivity contribution < 1.29 is 9.15 Å². The molecule has 0 radical (unpaired) electrons. The number of piperazine rings is 1. The molecule has 136 valence electrons. The van der Waals surface area contributed by atoms with Crippen LogP contribution in [-0.2, 0) is 11.3 Å². The minimum absolute atomic E-state index is 0.338. The van der Waals surface area contributed by atoms with Crippen LogP contribution in [0, 0.1) is 0 Å². The number of aromatic nitrogens is 1. The standard InChI is InChI=1S/C20H23N3O2S/c1-2-5-17-16(4-1)21-20(25-17)23-11-9-22(10-12-23)14-15-7-8-19(26-15)18-6-3-13-24-18/h1-2,4-5,7-8,18H,3,6,9-14H2. The van der Waals surface area contributed by atoms with Crippen molar-refractivity contribution in [3.8, 4) is 0 Å². The molecule has 0 amide bonds. The second-order valence-electron chi connectivity index (χ2n) is 7.03. The van der Waals surface area contributed by atoms with Gasteiger partial charge in [-0.1, -0.05) is 12.1 Å². The first-order chi connectivity index (χ1) is 12.8. The molecule has 1 aromatic carbocycles. The van der Waals surface area contributed by atoms with E-state index in [1.807, 2.05) is 35.6 Å². The van der Waals surface area contributed by atoms with Crippen molar-refractivity contribution in [1.29, 1.82) is 0 Å². The molecule has 3 aromatic rings. The van der Waals surface area contributed by atoms with Gasteiger partial charge in [-0.15, -0.1) is 11.3 Å². The van der Waals surface area contributed by atoms with Crippen LogP contribution in [0.3, 0.4) is 0 Å². The van der Waals surface area contributed by atoms with Gasteiger partial charge in [0.25, 0.3) is 6.01 Å². The summed E-state index contributed by atoms with van der Waals surface area (Å²) in [5.74, 6) is 0. The molecule has 0 bridgehead atoms. The molecular formula is C20H23N3O2S. The molecule has 1 unspecified atom stereocenters. The molecule has 2 aromatic heterocycles. The molecule has 2 aliphatic rings. The monoisotopic (exact) mass is 369 g/mol. The molecule has 0 spiro atoms. The second kappa shape index (κ2) is 7.02. The molecule has 4 heterocycles. The fourth-order valence-electron chi connectivity index (χ4n) is 3.77. The number of thiophene rings is 1. The number of fused-ring (bicyclic) bond motifs is 1. The van der Waals surface area contributed by atoms with Gasteiger partial charge in [-0.05, 0) is 37.1 Å². The number of hydrogen-bond donors (Lipinski definition) is 0. The van der Waals surface area contributed by atoms with Crippen LogP contribution in [0.4, 0.5) is 6.01 Å². The smallest absolute Gasteiger partial charge is 0.298 e. The molecule has 0 N–H and O–H groups in total. The van der Waals surface area contributed by atoms with Gasteiger partial charge in [-0.3, -0.25) is 4.90 Å². The maximum absolute atomic E-state index is 5.91. The second-order valence-corrected chi connectivity index (χ2v) is 8.23. The van der Waals surface area contributed by atoms with Gasteiger partial charge in [0.2, 0.25) is 0 Å². The number of oxazole rings is 1. The van der Waals surface area contributed by atoms with E-state index in [0.717, 1.165) is 56.4 Å². The highest BCUT2D eigenvalue weighted by molar-refractivity contribution is 7.12. The van der Waals surface area contributed by atoms with Gasteiger partial charge in [0.15, 0.2) is 5.58 Å². The van der Waals surface area contributed by atoms with Gasteiger partial charge < -0.3 is 14.1 Å². The zero-order chi connectivity index (χ0) is 17.3. The first kappa shape index (κ1) is 16.3. The zero-order valence-electron chi connectivity index (χ0n) is 14.8. The Morgan fingerprint density at radius 3 is 2.77 bits per heavy atom. The first-order valence-electron chi connectivity index (χ1n) is 9.38. The van der Waals surface area contributed by atoms with E-state index in [1.165, 1.54) is 22.6 Å². The van der Waals surface area contributed by atoms with Crippen LogP contribution in [0.15, 0.2) is 40.8 Å². The molecule has 5 nitrogen and oxygen atoms in total. The Kier molecular flexibility index (Phi) is 4.40. The van der Waals surface area contributed by atoms with Crippen LogP contribution in [0.25, 0.3) is 11.1 Å². The summed E-state index contributed by atoms with van der Waals surface area (Å²) in [4.78, 5) is 12.2. The summed E-state index contributed by atoms with van der Waals surface area (Å²) in [7, 11) is 0. The van der Waals surface area contributed by atoms with E-state index >= 15 is 0 Å². The van der Waals surface area contributed by atoms with Gasteiger partial charge in [0.05, 0.1) is 6.10 Å². The Labute approximate surface area is 157 Å². The Balaban J connectivity index is 1.19. The largest absolute Gasteiger partial charge is 0.423 e. The lowest BCUT2D eigenvalue weighted by Gasteiger charge is -2.33. The van der Waals surface area contributed by atoms with Crippen LogP contribution in [0.1, 0.15) is 28.7 Å². The minimum atomic E-state index is 0.338. The van der Waals surface area contributed by atoms with E-state index in [4.69, 9.17) is 9.15 Å². The van der Waals surface area contributed by atoms with Crippen LogP contribution >= 0.6 is 11.3 Å². The number of rotatable bonds is 4. The summed E-state index contributed by atoms with van der Waals surface area (Å²) in [5.41, 5.74) is 1.80. The van der Waals surface area contributed by atoms with E-state index in [1.54, 1.807) is 0 Å². The molecule has 2 fully saturated rings. The molecule has 5 rings (SSSR count). The van der Waals surface area contributed by atoms with Crippen molar-refractivity contribution in [3.05, 3.63) is 46.2 Å². The average molecular weight is 369 g/mol. The average Bonchev–Trinajstić information content (AvgIpc) is 3.42. The Morgan fingerprint density at radius 2 is 1.96 bits per heavy atom. The van der Waals surface area contributed by atoms with Crippen molar-refractivity contribution in [3.63, 3.8) is 0 Å². The maximum Gasteiger partial charge on any atom is 0.298 e. The third-order valence-electron chi connectivity index (χ3n) is 5.23. The topological polar surface area (TPSA) is 41.7 Å². The summed E-state index contributed by atoms with van der Waals surface area (Å²) >= 11 is 1.91. The lowest BCUT2D eigenvalue weighted by molar-refractivity contribution is 0.114. The summed E-state index contributed by atoms with van der Waals surface area (Å²) in [5, 5.41) is 0. The zero-order valence-corrected chi connectivity index (χ0v) is 15.6. The van der Waals surface area contributed by atoms with Crippen LogP contribution in [0.5, 0.6) is 0 Å². The van der Waals surface area contributed by atoms with Crippen LogP contribution in [-0.4, -0.2) is 42.7 Å². The molecule has 6 heteroatoms. The highest BCUT2D eigenvalue weighted by Crippen LogP contribution is 2.33. The lowest BCUT2D eigenvalue weighted by Crippen LogP contribution is -2.46. The summed E-state index contributed by atoms with van der Waals surface area (Å²) in [6.45, 7) is 5.92. The van der Waals surface area contributed by atoms with Crippen molar-refractivity contribution in [2.75, 3.05) is 37.7 Å². The summed E-state index contributed by atoms with van der Waals surface area (Å²) in [6, 6.07) is 13.2. The third-order valence-corrected chi connectivity index (χ3v) is 6.40. The molecule has 2 aliphatic heterocycles. The number of benzene rings is 1. The number of para-hydroxylation sites is 2. The predicted molar refractivity (Wildman–Crippen MR) is 104 cm³/mol. The first-order valence-corrected chi connectivity index (χ1v) is 10.2. The predicted octanol–water partition coefficient (Wildman–Crippen LogP) is 4.06. The Bertz CT molecular complexity index is 843. The maximum atomic E-state index is 5.91. The molecular weight excluding hydrogens is 346 g/mol. The van der Waals surface area contributed by atoms with E-state index in [0.29, 0.717) is 6.10 Å². The van der Waals surface area contributed by atoms with Crippen molar-refractivity contribution >= 4 is 28.5 Å². The summed E-state index contributed by atoms with van der Waals surface area (Å²) in [6.07, 6.45) is 2.70.